The van der Waals surface area contributed by atoms with Crippen LogP contribution in [0.2, 0.25) is 0 Å². The maximum atomic E-state index is 5.79. The van der Waals surface area contributed by atoms with Crippen molar-refractivity contribution in [1.82, 2.24) is 0 Å². The Morgan fingerprint density at radius 3 is 2.00 bits per heavy atom. The van der Waals surface area contributed by atoms with E-state index in [1.54, 1.807) is 0 Å². The largest absolute Gasteiger partial charge is 0.399 e. The van der Waals surface area contributed by atoms with Crippen molar-refractivity contribution in [2.45, 2.75) is 20.8 Å². The standard InChI is InChI=1S/C17H15N3.C2H6/c1-12-10-15(8-9-17(12)18)19-20-16-7-6-13-4-2-3-5-14(13)11-16;1-2/h2-11H,18H2,1H3;1-2H3. The number of aryl methyl sites for hydroxylation is 1. The van der Waals surface area contributed by atoms with Crippen molar-refractivity contribution in [3.05, 3.63) is 66.2 Å². The molecule has 0 unspecified atom stereocenters. The summed E-state index contributed by atoms with van der Waals surface area (Å²) in [5.74, 6) is 0. The van der Waals surface area contributed by atoms with Crippen LogP contribution < -0.4 is 5.73 Å². The van der Waals surface area contributed by atoms with E-state index in [4.69, 9.17) is 5.73 Å². The molecular weight excluding hydrogens is 270 g/mol. The van der Waals surface area contributed by atoms with Gasteiger partial charge in [0.05, 0.1) is 11.4 Å². The number of anilines is 1. The van der Waals surface area contributed by atoms with Crippen molar-refractivity contribution in [3.63, 3.8) is 0 Å². The van der Waals surface area contributed by atoms with Crippen LogP contribution in [0, 0.1) is 6.92 Å². The van der Waals surface area contributed by atoms with Crippen LogP contribution in [-0.2, 0) is 0 Å². The zero-order valence-corrected chi connectivity index (χ0v) is 13.2. The second kappa shape index (κ2) is 7.36. The highest BCUT2D eigenvalue weighted by Crippen LogP contribution is 2.24. The molecule has 0 aliphatic carbocycles. The highest BCUT2D eigenvalue weighted by molar-refractivity contribution is 5.85. The van der Waals surface area contributed by atoms with Gasteiger partial charge in [-0.25, -0.2) is 0 Å². The predicted molar refractivity (Wildman–Crippen MR) is 95.1 cm³/mol. The van der Waals surface area contributed by atoms with Crippen molar-refractivity contribution >= 4 is 27.8 Å². The molecule has 0 aliphatic rings. The molecule has 3 aromatic carbocycles. The molecule has 3 rings (SSSR count). The van der Waals surface area contributed by atoms with Gasteiger partial charge in [0.1, 0.15) is 0 Å². The lowest BCUT2D eigenvalue weighted by Crippen LogP contribution is -1.86. The molecule has 0 fully saturated rings. The maximum Gasteiger partial charge on any atom is 0.0863 e. The van der Waals surface area contributed by atoms with E-state index in [0.717, 1.165) is 28.0 Å². The molecule has 2 N–H and O–H groups in total. The third kappa shape index (κ3) is 3.70. The summed E-state index contributed by atoms with van der Waals surface area (Å²) in [6.07, 6.45) is 0. The molecule has 3 heteroatoms. The summed E-state index contributed by atoms with van der Waals surface area (Å²) >= 11 is 0. The molecule has 0 saturated heterocycles. The fraction of sp³-hybridized carbons (Fsp3) is 0.158. The first-order valence-electron chi connectivity index (χ1n) is 7.49. The highest BCUT2D eigenvalue weighted by Gasteiger charge is 1.97. The molecule has 3 nitrogen and oxygen atoms in total. The monoisotopic (exact) mass is 291 g/mol. The molecule has 0 bridgehead atoms. The Kier molecular flexibility index (Phi) is 5.26. The van der Waals surface area contributed by atoms with Gasteiger partial charge in [0.2, 0.25) is 0 Å². The van der Waals surface area contributed by atoms with E-state index in [-0.39, 0.29) is 0 Å². The predicted octanol–water partition coefficient (Wildman–Crippen LogP) is 6.17. The highest BCUT2D eigenvalue weighted by atomic mass is 15.1. The molecule has 0 spiro atoms. The van der Waals surface area contributed by atoms with E-state index < -0.39 is 0 Å². The minimum absolute atomic E-state index is 0.773. The van der Waals surface area contributed by atoms with E-state index in [1.165, 1.54) is 5.39 Å². The molecule has 112 valence electrons. The first kappa shape index (κ1) is 15.7. The fourth-order valence-corrected chi connectivity index (χ4v) is 2.08. The number of hydrogen-bond donors (Lipinski definition) is 1. The zero-order valence-electron chi connectivity index (χ0n) is 13.2. The minimum atomic E-state index is 0.773. The molecule has 0 atom stereocenters. The van der Waals surface area contributed by atoms with E-state index in [0.29, 0.717) is 0 Å². The normalized spacial score (nSPS) is 10.5. The van der Waals surface area contributed by atoms with Crippen molar-refractivity contribution in [2.24, 2.45) is 10.2 Å². The third-order valence-corrected chi connectivity index (χ3v) is 3.27. The number of hydrogen-bond acceptors (Lipinski definition) is 3. The number of nitrogens with two attached hydrogens (primary N) is 1. The van der Waals surface area contributed by atoms with Crippen LogP contribution in [0.5, 0.6) is 0 Å². The molecule has 0 heterocycles. The van der Waals surface area contributed by atoms with Crippen LogP contribution >= 0.6 is 0 Å². The first-order chi connectivity index (χ1) is 10.7. The molecular formula is C19H21N3. The second-order valence-electron chi connectivity index (χ2n) is 4.77. The lowest BCUT2D eigenvalue weighted by atomic mass is 10.1. The zero-order chi connectivity index (χ0) is 15.9. The molecule has 0 radical (unpaired) electrons. The Labute approximate surface area is 131 Å². The molecule has 22 heavy (non-hydrogen) atoms. The minimum Gasteiger partial charge on any atom is -0.399 e. The van der Waals surface area contributed by atoms with Crippen LogP contribution in [0.25, 0.3) is 10.8 Å². The average molecular weight is 291 g/mol. The number of nitrogen functional groups attached to an aromatic ring is 1. The van der Waals surface area contributed by atoms with Crippen molar-refractivity contribution in [3.8, 4) is 0 Å². The summed E-state index contributed by atoms with van der Waals surface area (Å²) in [6, 6.07) is 19.9. The Hall–Kier alpha value is -2.68. The van der Waals surface area contributed by atoms with Gasteiger partial charge in [0.15, 0.2) is 0 Å². The molecule has 0 amide bonds. The van der Waals surface area contributed by atoms with Crippen molar-refractivity contribution < 1.29 is 0 Å². The van der Waals surface area contributed by atoms with Gasteiger partial charge in [-0.2, -0.15) is 10.2 Å². The number of nitrogens with zero attached hydrogens (tertiary/aromatic N) is 2. The summed E-state index contributed by atoms with van der Waals surface area (Å²) in [7, 11) is 0. The summed E-state index contributed by atoms with van der Waals surface area (Å²) in [6.45, 7) is 5.96. The lowest BCUT2D eigenvalue weighted by Gasteiger charge is -2.00. The van der Waals surface area contributed by atoms with Gasteiger partial charge < -0.3 is 5.73 Å². The summed E-state index contributed by atoms with van der Waals surface area (Å²) < 4.78 is 0. The van der Waals surface area contributed by atoms with Crippen molar-refractivity contribution in [1.29, 1.82) is 0 Å². The Morgan fingerprint density at radius 1 is 0.727 bits per heavy atom. The second-order valence-corrected chi connectivity index (χ2v) is 4.77. The van der Waals surface area contributed by atoms with Gasteiger partial charge in [-0.05, 0) is 53.6 Å². The molecule has 0 aromatic heterocycles. The van der Waals surface area contributed by atoms with Gasteiger partial charge in [0, 0.05) is 5.69 Å². The SMILES string of the molecule is CC.Cc1cc(N=Nc2ccc3ccccc3c2)ccc1N. The van der Waals surface area contributed by atoms with Gasteiger partial charge in [0.25, 0.3) is 0 Å². The summed E-state index contributed by atoms with van der Waals surface area (Å²) in [5, 5.41) is 10.9. The molecule has 3 aromatic rings. The van der Waals surface area contributed by atoms with Crippen LogP contribution in [0.15, 0.2) is 70.9 Å². The number of azo groups is 1. The van der Waals surface area contributed by atoms with E-state index in [2.05, 4.69) is 28.4 Å². The van der Waals surface area contributed by atoms with Crippen molar-refractivity contribution in [2.75, 3.05) is 5.73 Å². The topological polar surface area (TPSA) is 50.7 Å². The number of fused-ring (bicyclic) bond motifs is 1. The summed E-state index contributed by atoms with van der Waals surface area (Å²) in [5.41, 5.74) is 9.23. The van der Waals surface area contributed by atoms with E-state index >= 15 is 0 Å². The lowest BCUT2D eigenvalue weighted by molar-refractivity contribution is 1.23. The van der Waals surface area contributed by atoms with Crippen LogP contribution in [0.1, 0.15) is 19.4 Å². The van der Waals surface area contributed by atoms with Gasteiger partial charge in [-0.3, -0.25) is 0 Å². The van der Waals surface area contributed by atoms with Gasteiger partial charge in [-0.15, -0.1) is 0 Å². The molecule has 0 aliphatic heterocycles. The summed E-state index contributed by atoms with van der Waals surface area (Å²) in [4.78, 5) is 0. The smallest absolute Gasteiger partial charge is 0.0863 e. The quantitative estimate of drug-likeness (QED) is 0.445. The van der Waals surface area contributed by atoms with Crippen LogP contribution in [0.3, 0.4) is 0 Å². The maximum absolute atomic E-state index is 5.79. The average Bonchev–Trinajstić information content (AvgIpc) is 2.57. The third-order valence-electron chi connectivity index (χ3n) is 3.27. The fourth-order valence-electron chi connectivity index (χ4n) is 2.08. The Morgan fingerprint density at radius 2 is 1.32 bits per heavy atom. The van der Waals surface area contributed by atoms with Gasteiger partial charge in [-0.1, -0.05) is 44.2 Å². The Balaban J connectivity index is 0.000000847. The van der Waals surface area contributed by atoms with E-state index in [9.17, 15) is 0 Å². The first-order valence-corrected chi connectivity index (χ1v) is 7.49. The van der Waals surface area contributed by atoms with Crippen LogP contribution in [-0.4, -0.2) is 0 Å². The van der Waals surface area contributed by atoms with Crippen LogP contribution in [0.4, 0.5) is 17.1 Å². The number of rotatable bonds is 2. The Bertz CT molecular complexity index is 792. The van der Waals surface area contributed by atoms with E-state index in [1.807, 2.05) is 63.2 Å². The molecule has 0 saturated carbocycles. The number of benzene rings is 3. The van der Waals surface area contributed by atoms with Gasteiger partial charge >= 0.3 is 0 Å².